The maximum absolute atomic E-state index is 13.7. The Balaban J connectivity index is 1.69. The molecule has 2 aromatic carbocycles. The summed E-state index contributed by atoms with van der Waals surface area (Å²) in [5, 5.41) is 9.78. The minimum Gasteiger partial charge on any atom is -0.493 e. The fourth-order valence-corrected chi connectivity index (χ4v) is 5.11. The summed E-state index contributed by atoms with van der Waals surface area (Å²) in [5.41, 5.74) is 0.807. The second-order valence-electron chi connectivity index (χ2n) is 7.21. The number of hydrogen-bond donors (Lipinski definition) is 1. The van der Waals surface area contributed by atoms with Crippen LogP contribution < -0.4 is 4.74 Å². The van der Waals surface area contributed by atoms with Crippen molar-refractivity contribution in [1.82, 2.24) is 4.31 Å². The number of rotatable bonds is 6. The highest BCUT2D eigenvalue weighted by atomic mass is 32.2. The van der Waals surface area contributed by atoms with E-state index in [0.717, 1.165) is 11.6 Å². The van der Waals surface area contributed by atoms with Crippen LogP contribution >= 0.6 is 0 Å². The van der Waals surface area contributed by atoms with Gasteiger partial charge in [0.2, 0.25) is 15.7 Å². The van der Waals surface area contributed by atoms with Crippen molar-refractivity contribution >= 4 is 15.7 Å². The van der Waals surface area contributed by atoms with Crippen LogP contribution in [-0.4, -0.2) is 44.1 Å². The molecular weight excluding hydrogens is 383 g/mol. The lowest BCUT2D eigenvalue weighted by atomic mass is 9.83. The van der Waals surface area contributed by atoms with Crippen molar-refractivity contribution in [3.63, 3.8) is 0 Å². The van der Waals surface area contributed by atoms with Gasteiger partial charge < -0.3 is 9.84 Å². The van der Waals surface area contributed by atoms with Crippen LogP contribution in [0.2, 0.25) is 0 Å². The van der Waals surface area contributed by atoms with Gasteiger partial charge in [0, 0.05) is 19.2 Å². The number of aliphatic hydroxyl groups excluding tert-OH is 1. The van der Waals surface area contributed by atoms with Crippen molar-refractivity contribution in [3.8, 4) is 5.75 Å². The summed E-state index contributed by atoms with van der Waals surface area (Å²) in [5.74, 6) is -0.452. The van der Waals surface area contributed by atoms with Crippen molar-refractivity contribution in [3.05, 3.63) is 64.8 Å². The van der Waals surface area contributed by atoms with E-state index < -0.39 is 21.3 Å². The molecule has 0 spiro atoms. The molecule has 6 nitrogen and oxygen atoms in total. The molecule has 0 aliphatic carbocycles. The van der Waals surface area contributed by atoms with Gasteiger partial charge in [0.05, 0.1) is 30.1 Å². The smallest absolute Gasteiger partial charge is 0.243 e. The molecule has 3 rings (SSSR count). The van der Waals surface area contributed by atoms with E-state index in [4.69, 9.17) is 11.3 Å². The summed E-state index contributed by atoms with van der Waals surface area (Å²) in [6.45, 7) is 10.5. The first-order valence-corrected chi connectivity index (χ1v) is 10.1. The van der Waals surface area contributed by atoms with Crippen LogP contribution in [0.5, 0.6) is 5.75 Å². The highest BCUT2D eigenvalue weighted by Gasteiger charge is 2.49. The zero-order chi connectivity index (χ0) is 20.5. The van der Waals surface area contributed by atoms with E-state index in [2.05, 4.69) is 4.85 Å². The van der Waals surface area contributed by atoms with Gasteiger partial charge in [-0.25, -0.2) is 17.7 Å². The summed E-state index contributed by atoms with van der Waals surface area (Å²) in [6, 6.07) is 9.07. The van der Waals surface area contributed by atoms with E-state index >= 15 is 0 Å². The summed E-state index contributed by atoms with van der Waals surface area (Å²) in [7, 11) is -3.66. The summed E-state index contributed by atoms with van der Waals surface area (Å²) in [4.78, 5) is 3.30. The minimum atomic E-state index is -3.66. The Bertz CT molecular complexity index is 1040. The largest absolute Gasteiger partial charge is 0.493 e. The lowest BCUT2D eigenvalue weighted by Crippen LogP contribution is -2.62. The van der Waals surface area contributed by atoms with E-state index in [1.807, 2.05) is 13.0 Å². The highest BCUT2D eigenvalue weighted by Crippen LogP contribution is 2.36. The normalized spacial score (nSPS) is 16.2. The first kappa shape index (κ1) is 20.3. The number of sulfonamides is 1. The molecule has 0 radical (unpaired) electrons. The first-order chi connectivity index (χ1) is 13.2. The number of benzene rings is 2. The van der Waals surface area contributed by atoms with E-state index in [1.165, 1.54) is 16.4 Å². The molecule has 0 bridgehead atoms. The van der Waals surface area contributed by atoms with Crippen LogP contribution in [-0.2, 0) is 10.0 Å². The number of halogens is 1. The van der Waals surface area contributed by atoms with Gasteiger partial charge in [-0.3, -0.25) is 0 Å². The summed E-state index contributed by atoms with van der Waals surface area (Å²) in [6.07, 6.45) is 0. The number of hydrogen-bond acceptors (Lipinski definition) is 4. The first-order valence-electron chi connectivity index (χ1n) is 8.69. The Morgan fingerprint density at radius 2 is 1.96 bits per heavy atom. The average molecular weight is 404 g/mol. The number of aryl methyl sites for hydroxylation is 2. The number of aliphatic hydroxyl groups is 1. The van der Waals surface area contributed by atoms with Gasteiger partial charge in [-0.15, -0.1) is 0 Å². The SMILES string of the molecule is [C-]#[N+]c1ccc(OCC2(CO)CN(S(=O)(=O)c3ccc(C)cc3C)C2)cc1F. The zero-order valence-corrected chi connectivity index (χ0v) is 16.5. The third-order valence-corrected chi connectivity index (χ3v) is 6.84. The monoisotopic (exact) mass is 404 g/mol. The molecular formula is C20H21FN2O4S. The molecule has 1 saturated heterocycles. The van der Waals surface area contributed by atoms with Gasteiger partial charge in [-0.05, 0) is 37.6 Å². The Hall–Kier alpha value is -2.47. The van der Waals surface area contributed by atoms with Crippen molar-refractivity contribution in [2.45, 2.75) is 18.7 Å². The molecule has 148 valence electrons. The summed E-state index contributed by atoms with van der Waals surface area (Å²) < 4.78 is 46.3. The van der Waals surface area contributed by atoms with Gasteiger partial charge in [0.25, 0.3) is 0 Å². The molecule has 0 unspecified atom stereocenters. The average Bonchev–Trinajstić information content (AvgIpc) is 2.60. The predicted molar refractivity (Wildman–Crippen MR) is 102 cm³/mol. The fourth-order valence-electron chi connectivity index (χ4n) is 3.24. The second kappa shape index (κ2) is 7.51. The topological polar surface area (TPSA) is 71.2 Å². The Kier molecular flexibility index (Phi) is 5.44. The molecule has 2 aromatic rings. The minimum absolute atomic E-state index is 0.0409. The van der Waals surface area contributed by atoms with Crippen LogP contribution in [0.4, 0.5) is 10.1 Å². The third kappa shape index (κ3) is 3.74. The Morgan fingerprint density at radius 3 is 2.54 bits per heavy atom. The van der Waals surface area contributed by atoms with E-state index in [-0.39, 0.29) is 42.6 Å². The van der Waals surface area contributed by atoms with E-state index in [0.29, 0.717) is 5.56 Å². The molecule has 1 aliphatic heterocycles. The quantitative estimate of drug-likeness (QED) is 0.752. The fraction of sp³-hybridized carbons (Fsp3) is 0.350. The van der Waals surface area contributed by atoms with Gasteiger partial charge in [0.1, 0.15) is 11.6 Å². The molecule has 0 aromatic heterocycles. The lowest BCUT2D eigenvalue weighted by molar-refractivity contribution is -0.0273. The van der Waals surface area contributed by atoms with Crippen LogP contribution in [0.3, 0.4) is 0 Å². The van der Waals surface area contributed by atoms with E-state index in [1.54, 1.807) is 19.1 Å². The highest BCUT2D eigenvalue weighted by molar-refractivity contribution is 7.89. The lowest BCUT2D eigenvalue weighted by Gasteiger charge is -2.47. The summed E-state index contributed by atoms with van der Waals surface area (Å²) >= 11 is 0. The standard InChI is InChI=1S/C20H21FN2O4S/c1-14-4-7-19(15(2)8-14)28(25,26)23-10-20(11-23,12-24)13-27-16-5-6-18(22-3)17(21)9-16/h4-9,24H,10-13H2,1-2H3. The predicted octanol–water partition coefficient (Wildman–Crippen LogP) is 3.06. The molecule has 0 saturated carbocycles. The van der Waals surface area contributed by atoms with Crippen LogP contribution in [0.1, 0.15) is 11.1 Å². The van der Waals surface area contributed by atoms with E-state index in [9.17, 15) is 17.9 Å². The molecule has 0 atom stereocenters. The molecule has 28 heavy (non-hydrogen) atoms. The van der Waals surface area contributed by atoms with Crippen LogP contribution in [0, 0.1) is 31.7 Å². The van der Waals surface area contributed by atoms with Gasteiger partial charge in [-0.1, -0.05) is 17.7 Å². The van der Waals surface area contributed by atoms with Crippen LogP contribution in [0.25, 0.3) is 4.85 Å². The Labute approximate surface area is 164 Å². The van der Waals surface area contributed by atoms with Crippen molar-refractivity contribution in [1.29, 1.82) is 0 Å². The zero-order valence-electron chi connectivity index (χ0n) is 15.6. The van der Waals surface area contributed by atoms with Gasteiger partial charge in [0.15, 0.2) is 0 Å². The molecule has 1 aliphatic rings. The van der Waals surface area contributed by atoms with Crippen molar-refractivity contribution in [2.24, 2.45) is 5.41 Å². The maximum Gasteiger partial charge on any atom is 0.243 e. The van der Waals surface area contributed by atoms with Crippen LogP contribution in [0.15, 0.2) is 41.3 Å². The van der Waals surface area contributed by atoms with Gasteiger partial charge >= 0.3 is 0 Å². The molecule has 1 heterocycles. The molecule has 8 heteroatoms. The second-order valence-corrected chi connectivity index (χ2v) is 9.12. The molecule has 1 N–H and O–H groups in total. The maximum atomic E-state index is 13.7. The van der Waals surface area contributed by atoms with Gasteiger partial charge in [-0.2, -0.15) is 4.31 Å². The third-order valence-electron chi connectivity index (χ3n) is 4.89. The number of ether oxygens (including phenoxy) is 1. The molecule has 1 fully saturated rings. The number of nitrogens with zero attached hydrogens (tertiary/aromatic N) is 2. The van der Waals surface area contributed by atoms with Crippen molar-refractivity contribution in [2.75, 3.05) is 26.3 Å². The molecule has 0 amide bonds. The van der Waals surface area contributed by atoms with Crippen molar-refractivity contribution < 1.29 is 22.7 Å². The Morgan fingerprint density at radius 1 is 1.25 bits per heavy atom.